The van der Waals surface area contributed by atoms with Crippen LogP contribution in [0.1, 0.15) is 22.6 Å². The molecule has 0 saturated carbocycles. The van der Waals surface area contributed by atoms with Crippen molar-refractivity contribution in [1.29, 1.82) is 0 Å². The lowest BCUT2D eigenvalue weighted by molar-refractivity contribution is -0.113. The highest BCUT2D eigenvalue weighted by atomic mass is 32.2. The van der Waals surface area contributed by atoms with Crippen molar-refractivity contribution in [2.45, 2.75) is 32.0 Å². The molecule has 1 aromatic carbocycles. The summed E-state index contributed by atoms with van der Waals surface area (Å²) in [6.07, 6.45) is 2.69. The van der Waals surface area contributed by atoms with Crippen LogP contribution in [0.3, 0.4) is 0 Å². The first kappa shape index (κ1) is 21.1. The number of carbonyl (C=O) groups excluding carboxylic acids is 1. The number of aromatic nitrogens is 4. The van der Waals surface area contributed by atoms with Gasteiger partial charge in [-0.25, -0.2) is 0 Å². The number of aryl methyl sites for hydroxylation is 3. The van der Waals surface area contributed by atoms with Gasteiger partial charge in [0.2, 0.25) is 5.91 Å². The Morgan fingerprint density at radius 3 is 2.79 bits per heavy atom. The molecule has 0 atom stereocenters. The van der Waals surface area contributed by atoms with Gasteiger partial charge in [0.1, 0.15) is 5.82 Å². The van der Waals surface area contributed by atoms with Crippen molar-refractivity contribution in [3.63, 3.8) is 0 Å². The second kappa shape index (κ2) is 9.76. The van der Waals surface area contributed by atoms with Crippen LogP contribution < -0.4 is 5.32 Å². The SMILES string of the molecule is COCCn1c(Cc2cccn2C)nnc1SCC(=O)Nc1cc(C)ccc1C. The van der Waals surface area contributed by atoms with E-state index in [1.807, 2.05) is 55.9 Å². The summed E-state index contributed by atoms with van der Waals surface area (Å²) in [5, 5.41) is 12.4. The number of ether oxygens (including phenoxy) is 1. The van der Waals surface area contributed by atoms with Crippen LogP contribution in [0.2, 0.25) is 0 Å². The molecule has 0 saturated heterocycles. The van der Waals surface area contributed by atoms with Gasteiger partial charge in [-0.3, -0.25) is 4.79 Å². The lowest BCUT2D eigenvalue weighted by atomic mass is 10.1. The molecule has 0 radical (unpaired) electrons. The maximum Gasteiger partial charge on any atom is 0.234 e. The van der Waals surface area contributed by atoms with Crippen molar-refractivity contribution in [2.24, 2.45) is 7.05 Å². The molecule has 1 amide bonds. The molecule has 1 N–H and O–H groups in total. The number of hydrogen-bond donors (Lipinski definition) is 1. The fourth-order valence-electron chi connectivity index (χ4n) is 2.99. The highest BCUT2D eigenvalue weighted by Gasteiger charge is 2.16. The summed E-state index contributed by atoms with van der Waals surface area (Å²) in [7, 11) is 3.68. The molecule has 0 bridgehead atoms. The van der Waals surface area contributed by atoms with Crippen LogP contribution in [0.4, 0.5) is 5.69 Å². The lowest BCUT2D eigenvalue weighted by Crippen LogP contribution is -2.16. The summed E-state index contributed by atoms with van der Waals surface area (Å²) >= 11 is 1.39. The van der Waals surface area contributed by atoms with Crippen molar-refractivity contribution in [2.75, 3.05) is 24.8 Å². The zero-order chi connectivity index (χ0) is 20.8. The second-order valence-corrected chi connectivity index (χ2v) is 7.93. The van der Waals surface area contributed by atoms with Gasteiger partial charge in [-0.1, -0.05) is 23.9 Å². The molecular formula is C21H27N5O2S. The van der Waals surface area contributed by atoms with Gasteiger partial charge in [0.05, 0.1) is 12.4 Å². The van der Waals surface area contributed by atoms with Crippen LogP contribution in [-0.4, -0.2) is 44.7 Å². The second-order valence-electron chi connectivity index (χ2n) is 6.99. The quantitative estimate of drug-likeness (QED) is 0.545. The third-order valence-corrected chi connectivity index (χ3v) is 5.67. The maximum absolute atomic E-state index is 12.5. The van der Waals surface area contributed by atoms with E-state index in [0.717, 1.165) is 33.5 Å². The zero-order valence-electron chi connectivity index (χ0n) is 17.3. The Morgan fingerprint density at radius 2 is 2.07 bits per heavy atom. The molecule has 0 unspecified atom stereocenters. The minimum Gasteiger partial charge on any atom is -0.383 e. The number of carbonyl (C=O) groups is 1. The normalized spacial score (nSPS) is 11.0. The topological polar surface area (TPSA) is 74.0 Å². The molecular weight excluding hydrogens is 386 g/mol. The fourth-order valence-corrected chi connectivity index (χ4v) is 3.78. The fraction of sp³-hybridized carbons (Fsp3) is 0.381. The van der Waals surface area contributed by atoms with Crippen molar-refractivity contribution in [3.8, 4) is 0 Å². The molecule has 0 fully saturated rings. The molecule has 2 aromatic heterocycles. The maximum atomic E-state index is 12.5. The summed E-state index contributed by atoms with van der Waals surface area (Å²) in [5.74, 6) is 1.07. The molecule has 3 aromatic rings. The van der Waals surface area contributed by atoms with E-state index < -0.39 is 0 Å². The smallest absolute Gasteiger partial charge is 0.234 e. The van der Waals surface area contributed by atoms with E-state index in [4.69, 9.17) is 4.74 Å². The number of nitrogens with zero attached hydrogens (tertiary/aromatic N) is 4. The number of methoxy groups -OCH3 is 1. The Labute approximate surface area is 175 Å². The van der Waals surface area contributed by atoms with Crippen molar-refractivity contribution < 1.29 is 9.53 Å². The number of thioether (sulfide) groups is 1. The molecule has 0 aliphatic heterocycles. The highest BCUT2D eigenvalue weighted by molar-refractivity contribution is 7.99. The predicted molar refractivity (Wildman–Crippen MR) is 115 cm³/mol. The predicted octanol–water partition coefficient (Wildman–Crippen LogP) is 3.20. The highest BCUT2D eigenvalue weighted by Crippen LogP contribution is 2.21. The minimum atomic E-state index is -0.0611. The molecule has 8 heteroatoms. The van der Waals surface area contributed by atoms with Gasteiger partial charge in [-0.05, 0) is 43.2 Å². The van der Waals surface area contributed by atoms with E-state index in [2.05, 4.69) is 26.1 Å². The van der Waals surface area contributed by atoms with E-state index in [1.54, 1.807) is 7.11 Å². The van der Waals surface area contributed by atoms with E-state index in [1.165, 1.54) is 11.8 Å². The summed E-state index contributed by atoms with van der Waals surface area (Å²) in [6, 6.07) is 10.1. The Kier molecular flexibility index (Phi) is 7.11. The van der Waals surface area contributed by atoms with Crippen LogP contribution in [-0.2, 0) is 29.5 Å². The summed E-state index contributed by atoms with van der Waals surface area (Å²) in [5.41, 5.74) is 4.16. The van der Waals surface area contributed by atoms with Crippen molar-refractivity contribution in [3.05, 3.63) is 59.2 Å². The third-order valence-electron chi connectivity index (χ3n) is 4.70. The number of amides is 1. The third kappa shape index (κ3) is 5.48. The number of benzene rings is 1. The van der Waals surface area contributed by atoms with Crippen LogP contribution in [0, 0.1) is 13.8 Å². The molecule has 154 valence electrons. The molecule has 0 aliphatic carbocycles. The number of anilines is 1. The monoisotopic (exact) mass is 413 g/mol. The Balaban J connectivity index is 1.68. The largest absolute Gasteiger partial charge is 0.383 e. The zero-order valence-corrected chi connectivity index (χ0v) is 18.1. The van der Waals surface area contributed by atoms with Gasteiger partial charge in [0.15, 0.2) is 5.16 Å². The molecule has 0 spiro atoms. The first-order valence-electron chi connectivity index (χ1n) is 9.49. The first-order valence-corrected chi connectivity index (χ1v) is 10.5. The van der Waals surface area contributed by atoms with Crippen LogP contribution in [0.5, 0.6) is 0 Å². The van der Waals surface area contributed by atoms with Gasteiger partial charge in [-0.2, -0.15) is 0 Å². The average molecular weight is 414 g/mol. The van der Waals surface area contributed by atoms with Crippen molar-refractivity contribution >= 4 is 23.4 Å². The van der Waals surface area contributed by atoms with Crippen molar-refractivity contribution in [1.82, 2.24) is 19.3 Å². The first-order chi connectivity index (χ1) is 14.0. The molecule has 29 heavy (non-hydrogen) atoms. The van der Waals surface area contributed by atoms with E-state index in [-0.39, 0.29) is 11.7 Å². The molecule has 7 nitrogen and oxygen atoms in total. The van der Waals surface area contributed by atoms with Gasteiger partial charge in [0.25, 0.3) is 0 Å². The van der Waals surface area contributed by atoms with Crippen LogP contribution in [0.25, 0.3) is 0 Å². The Morgan fingerprint density at radius 1 is 1.24 bits per heavy atom. The van der Waals surface area contributed by atoms with Gasteiger partial charge in [-0.15, -0.1) is 10.2 Å². The van der Waals surface area contributed by atoms with Gasteiger partial charge >= 0.3 is 0 Å². The van der Waals surface area contributed by atoms with Crippen LogP contribution in [0.15, 0.2) is 41.7 Å². The Hall–Kier alpha value is -2.58. The Bertz CT molecular complexity index is 979. The van der Waals surface area contributed by atoms with Crippen LogP contribution >= 0.6 is 11.8 Å². The molecule has 2 heterocycles. The number of hydrogen-bond acceptors (Lipinski definition) is 5. The summed E-state index contributed by atoms with van der Waals surface area (Å²) < 4.78 is 9.35. The van der Waals surface area contributed by atoms with Gasteiger partial charge < -0.3 is 19.2 Å². The summed E-state index contributed by atoms with van der Waals surface area (Å²) in [4.78, 5) is 12.5. The van der Waals surface area contributed by atoms with E-state index in [0.29, 0.717) is 19.6 Å². The average Bonchev–Trinajstić information content (AvgIpc) is 3.27. The van der Waals surface area contributed by atoms with Gasteiger partial charge in [0, 0.05) is 44.7 Å². The number of nitrogens with one attached hydrogen (secondary N) is 1. The number of rotatable bonds is 9. The van der Waals surface area contributed by atoms with E-state index >= 15 is 0 Å². The minimum absolute atomic E-state index is 0.0611. The van der Waals surface area contributed by atoms with E-state index in [9.17, 15) is 4.79 Å². The lowest BCUT2D eigenvalue weighted by Gasteiger charge is -2.11. The molecule has 3 rings (SSSR count). The molecule has 0 aliphatic rings. The standard InChI is InChI=1S/C21H27N5O2S/c1-15-7-8-16(2)18(12-15)22-20(27)14-29-21-24-23-19(26(21)10-11-28-4)13-17-6-5-9-25(17)3/h5-9,12H,10-11,13-14H2,1-4H3,(H,22,27). The summed E-state index contributed by atoms with van der Waals surface area (Å²) in [6.45, 7) is 5.19.